The van der Waals surface area contributed by atoms with Gasteiger partial charge < -0.3 is 5.32 Å². The van der Waals surface area contributed by atoms with Gasteiger partial charge in [-0.2, -0.15) is 5.26 Å². The number of carbonyl (C=O) groups is 1. The average Bonchev–Trinajstić information content (AvgIpc) is 1.65. The van der Waals surface area contributed by atoms with Gasteiger partial charge in [0.15, 0.2) is 0 Å². The van der Waals surface area contributed by atoms with Gasteiger partial charge in [0.25, 0.3) is 0 Å². The summed E-state index contributed by atoms with van der Waals surface area (Å²) >= 11 is 0. The maximum atomic E-state index is 10.1. The van der Waals surface area contributed by atoms with Gasteiger partial charge in [0, 0.05) is 6.92 Å². The molecular weight excluding hydrogens is 104 g/mol. The maximum absolute atomic E-state index is 10.1. The number of nitrogens with one attached hydrogen (secondary N) is 1. The third kappa shape index (κ3) is 2.91. The van der Waals surface area contributed by atoms with E-state index in [0.717, 1.165) is 0 Å². The quantitative estimate of drug-likeness (QED) is 0.489. The standard InChI is InChI=1S/C5H6N2O/c1-4(3-6)7-5(2)8/h1H2,2H3,(H,7,8). The van der Waals surface area contributed by atoms with Crippen LogP contribution in [0.4, 0.5) is 0 Å². The second-order valence-corrected chi connectivity index (χ2v) is 1.27. The molecule has 0 aromatic heterocycles. The number of hydrogen-bond acceptors (Lipinski definition) is 2. The molecule has 0 bridgehead atoms. The van der Waals surface area contributed by atoms with Gasteiger partial charge in [0.05, 0.1) is 0 Å². The molecule has 0 aliphatic carbocycles. The molecule has 8 heavy (non-hydrogen) atoms. The van der Waals surface area contributed by atoms with Crippen LogP contribution in [-0.4, -0.2) is 5.91 Å². The monoisotopic (exact) mass is 110 g/mol. The van der Waals surface area contributed by atoms with Gasteiger partial charge in [-0.1, -0.05) is 6.58 Å². The molecule has 0 aromatic rings. The normalized spacial score (nSPS) is 7.00. The number of nitriles is 1. The summed E-state index contributed by atoms with van der Waals surface area (Å²) in [5.41, 5.74) is 0.0810. The first-order chi connectivity index (χ1) is 3.66. The van der Waals surface area contributed by atoms with Gasteiger partial charge >= 0.3 is 0 Å². The van der Waals surface area contributed by atoms with E-state index in [1.807, 2.05) is 0 Å². The van der Waals surface area contributed by atoms with Gasteiger partial charge in [-0.05, 0) is 0 Å². The number of hydrogen-bond donors (Lipinski definition) is 1. The van der Waals surface area contributed by atoms with Crippen molar-refractivity contribution in [2.24, 2.45) is 0 Å². The summed E-state index contributed by atoms with van der Waals surface area (Å²) in [5, 5.41) is 10.2. The smallest absolute Gasteiger partial charge is 0.221 e. The van der Waals surface area contributed by atoms with E-state index in [-0.39, 0.29) is 11.6 Å². The second kappa shape index (κ2) is 2.80. The lowest BCUT2D eigenvalue weighted by atomic mass is 10.5. The Morgan fingerprint density at radius 1 is 1.88 bits per heavy atom. The predicted octanol–water partition coefficient (Wildman–Crippen LogP) is 0.160. The number of nitrogens with zero attached hydrogens (tertiary/aromatic N) is 1. The van der Waals surface area contributed by atoms with Crippen molar-refractivity contribution in [1.82, 2.24) is 5.32 Å². The fourth-order valence-corrected chi connectivity index (χ4v) is 0.240. The zero-order valence-electron chi connectivity index (χ0n) is 4.56. The van der Waals surface area contributed by atoms with Crippen LogP contribution in [0, 0.1) is 11.3 Å². The van der Waals surface area contributed by atoms with Crippen molar-refractivity contribution >= 4 is 5.91 Å². The van der Waals surface area contributed by atoms with Crippen molar-refractivity contribution in [1.29, 1.82) is 5.26 Å². The van der Waals surface area contributed by atoms with Crippen molar-refractivity contribution in [3.8, 4) is 6.07 Å². The predicted molar refractivity (Wildman–Crippen MR) is 28.6 cm³/mol. The molecule has 0 aliphatic heterocycles. The lowest BCUT2D eigenvalue weighted by Crippen LogP contribution is -2.16. The van der Waals surface area contributed by atoms with Crippen molar-refractivity contribution in [2.75, 3.05) is 0 Å². The third-order valence-corrected chi connectivity index (χ3v) is 0.462. The SMILES string of the molecule is C=C(C#N)NC(C)=O. The van der Waals surface area contributed by atoms with Crippen LogP contribution in [0.5, 0.6) is 0 Å². The summed E-state index contributed by atoms with van der Waals surface area (Å²) < 4.78 is 0. The van der Waals surface area contributed by atoms with Crippen molar-refractivity contribution in [3.05, 3.63) is 12.3 Å². The van der Waals surface area contributed by atoms with Crippen LogP contribution in [0.25, 0.3) is 0 Å². The highest BCUT2D eigenvalue weighted by molar-refractivity contribution is 5.75. The molecule has 0 rings (SSSR count). The number of carbonyl (C=O) groups excluding carboxylic acids is 1. The summed E-state index contributed by atoms with van der Waals surface area (Å²) in [6.07, 6.45) is 0. The summed E-state index contributed by atoms with van der Waals surface area (Å²) in [6.45, 7) is 4.54. The van der Waals surface area contributed by atoms with Crippen molar-refractivity contribution in [3.63, 3.8) is 0 Å². The van der Waals surface area contributed by atoms with Crippen LogP contribution in [0.15, 0.2) is 12.3 Å². The molecule has 3 nitrogen and oxygen atoms in total. The Balaban J connectivity index is 3.61. The van der Waals surface area contributed by atoms with Gasteiger partial charge in [0.2, 0.25) is 5.91 Å². The molecule has 0 spiro atoms. The summed E-state index contributed by atoms with van der Waals surface area (Å²) in [7, 11) is 0. The second-order valence-electron chi connectivity index (χ2n) is 1.27. The molecule has 0 aliphatic rings. The van der Waals surface area contributed by atoms with E-state index >= 15 is 0 Å². The summed E-state index contributed by atoms with van der Waals surface area (Å²) in [5.74, 6) is -0.267. The molecule has 1 amide bonds. The third-order valence-electron chi connectivity index (χ3n) is 0.462. The van der Waals surface area contributed by atoms with Gasteiger partial charge in [-0.15, -0.1) is 0 Å². The Morgan fingerprint density at radius 2 is 2.38 bits per heavy atom. The molecule has 0 unspecified atom stereocenters. The van der Waals surface area contributed by atoms with E-state index in [4.69, 9.17) is 5.26 Å². The average molecular weight is 110 g/mol. The van der Waals surface area contributed by atoms with Crippen LogP contribution in [0.2, 0.25) is 0 Å². The Labute approximate surface area is 47.6 Å². The number of allylic oxidation sites excluding steroid dienone is 1. The largest absolute Gasteiger partial charge is 0.318 e. The van der Waals surface area contributed by atoms with Crippen LogP contribution < -0.4 is 5.32 Å². The van der Waals surface area contributed by atoms with Crippen LogP contribution in [-0.2, 0) is 4.79 Å². The lowest BCUT2D eigenvalue weighted by molar-refractivity contribution is -0.118. The maximum Gasteiger partial charge on any atom is 0.221 e. The Kier molecular flexibility index (Phi) is 2.35. The first-order valence-corrected chi connectivity index (χ1v) is 2.03. The van der Waals surface area contributed by atoms with Gasteiger partial charge in [-0.25, -0.2) is 0 Å². The molecular formula is C5H6N2O. The highest BCUT2D eigenvalue weighted by Crippen LogP contribution is 1.75. The molecule has 0 aromatic carbocycles. The molecule has 3 heteroatoms. The molecule has 0 heterocycles. The summed E-state index contributed by atoms with van der Waals surface area (Å²) in [6, 6.07) is 1.67. The fourth-order valence-electron chi connectivity index (χ4n) is 0.240. The van der Waals surface area contributed by atoms with Crippen LogP contribution in [0.3, 0.4) is 0 Å². The Bertz CT molecular complexity index is 154. The molecule has 0 radical (unpaired) electrons. The number of amides is 1. The van der Waals surface area contributed by atoms with E-state index in [1.54, 1.807) is 6.07 Å². The van der Waals surface area contributed by atoms with Gasteiger partial charge in [0.1, 0.15) is 11.8 Å². The van der Waals surface area contributed by atoms with Gasteiger partial charge in [-0.3, -0.25) is 4.79 Å². The number of rotatable bonds is 1. The molecule has 0 fully saturated rings. The van der Waals surface area contributed by atoms with Crippen LogP contribution in [0.1, 0.15) is 6.92 Å². The molecule has 1 N–H and O–H groups in total. The van der Waals surface area contributed by atoms with Crippen molar-refractivity contribution < 1.29 is 4.79 Å². The molecule has 0 saturated carbocycles. The minimum atomic E-state index is -0.267. The minimum Gasteiger partial charge on any atom is -0.318 e. The molecule has 0 atom stereocenters. The zero-order valence-corrected chi connectivity index (χ0v) is 4.56. The van der Waals surface area contributed by atoms with Crippen molar-refractivity contribution in [2.45, 2.75) is 6.92 Å². The molecule has 42 valence electrons. The summed E-state index contributed by atoms with van der Waals surface area (Å²) in [4.78, 5) is 10.1. The first kappa shape index (κ1) is 6.70. The Morgan fingerprint density at radius 3 is 2.50 bits per heavy atom. The highest BCUT2D eigenvalue weighted by Gasteiger charge is 1.89. The molecule has 0 saturated heterocycles. The van der Waals surface area contributed by atoms with E-state index in [0.29, 0.717) is 0 Å². The highest BCUT2D eigenvalue weighted by atomic mass is 16.1. The zero-order chi connectivity index (χ0) is 6.57. The van der Waals surface area contributed by atoms with E-state index in [2.05, 4.69) is 11.9 Å². The van der Waals surface area contributed by atoms with Crippen LogP contribution >= 0.6 is 0 Å². The van der Waals surface area contributed by atoms with E-state index in [1.165, 1.54) is 6.92 Å². The Hall–Kier alpha value is -1.30. The first-order valence-electron chi connectivity index (χ1n) is 2.03. The van der Waals surface area contributed by atoms with E-state index < -0.39 is 0 Å². The fraction of sp³-hybridized carbons (Fsp3) is 0.200. The topological polar surface area (TPSA) is 52.9 Å². The van der Waals surface area contributed by atoms with E-state index in [9.17, 15) is 4.79 Å². The lowest BCUT2D eigenvalue weighted by Gasteiger charge is -1.91. The minimum absolute atomic E-state index is 0.0810.